The van der Waals surface area contributed by atoms with E-state index in [1.54, 1.807) is 28.9 Å². The SMILES string of the molecule is Nc1nc(NCc2nccs2)c2ccsc2n1. The highest BCUT2D eigenvalue weighted by molar-refractivity contribution is 7.16. The Hall–Kier alpha value is -1.73. The van der Waals surface area contributed by atoms with Crippen LogP contribution >= 0.6 is 22.7 Å². The number of nitrogen functional groups attached to an aromatic ring is 1. The van der Waals surface area contributed by atoms with Gasteiger partial charge in [-0.05, 0) is 11.4 Å². The molecule has 0 aliphatic rings. The molecule has 3 N–H and O–H groups in total. The molecule has 0 saturated heterocycles. The molecule has 0 aliphatic heterocycles. The average molecular weight is 263 g/mol. The summed E-state index contributed by atoms with van der Waals surface area (Å²) in [6.07, 6.45) is 1.79. The topological polar surface area (TPSA) is 76.7 Å². The Labute approximate surface area is 105 Å². The summed E-state index contributed by atoms with van der Waals surface area (Å²) in [5, 5.41) is 9.19. The summed E-state index contributed by atoms with van der Waals surface area (Å²) in [4.78, 5) is 13.5. The second-order valence-electron chi connectivity index (χ2n) is 3.35. The third-order valence-corrected chi connectivity index (χ3v) is 3.82. The molecule has 3 rings (SSSR count). The number of aromatic nitrogens is 3. The maximum Gasteiger partial charge on any atom is 0.223 e. The monoisotopic (exact) mass is 263 g/mol. The van der Waals surface area contributed by atoms with Gasteiger partial charge in [-0.15, -0.1) is 22.7 Å². The van der Waals surface area contributed by atoms with Crippen LogP contribution in [0.25, 0.3) is 10.2 Å². The van der Waals surface area contributed by atoms with Crippen LogP contribution in [0, 0.1) is 0 Å². The molecule has 5 nitrogen and oxygen atoms in total. The van der Waals surface area contributed by atoms with Crippen LogP contribution < -0.4 is 11.1 Å². The first-order valence-corrected chi connectivity index (χ1v) is 6.72. The lowest BCUT2D eigenvalue weighted by Crippen LogP contribution is -2.04. The van der Waals surface area contributed by atoms with Gasteiger partial charge in [0.05, 0.1) is 11.9 Å². The lowest BCUT2D eigenvalue weighted by molar-refractivity contribution is 1.08. The molecule has 0 atom stereocenters. The van der Waals surface area contributed by atoms with E-state index in [1.807, 2.05) is 16.8 Å². The molecule has 0 unspecified atom stereocenters. The second kappa shape index (κ2) is 4.27. The van der Waals surface area contributed by atoms with Gasteiger partial charge in [-0.1, -0.05) is 0 Å². The minimum Gasteiger partial charge on any atom is -0.368 e. The molecule has 3 aromatic heterocycles. The van der Waals surface area contributed by atoms with E-state index >= 15 is 0 Å². The van der Waals surface area contributed by atoms with Gasteiger partial charge in [-0.25, -0.2) is 9.97 Å². The number of anilines is 2. The van der Waals surface area contributed by atoms with Crippen molar-refractivity contribution in [2.45, 2.75) is 6.54 Å². The second-order valence-corrected chi connectivity index (χ2v) is 5.22. The fourth-order valence-corrected chi connectivity index (χ4v) is 2.83. The van der Waals surface area contributed by atoms with Crippen molar-refractivity contribution >= 4 is 44.7 Å². The predicted octanol–water partition coefficient (Wildman–Crippen LogP) is 2.34. The number of fused-ring (bicyclic) bond motifs is 1. The lowest BCUT2D eigenvalue weighted by atomic mass is 10.4. The molecule has 86 valence electrons. The normalized spacial score (nSPS) is 10.8. The molecule has 3 aromatic rings. The zero-order chi connectivity index (χ0) is 11.7. The van der Waals surface area contributed by atoms with Crippen molar-refractivity contribution in [3.05, 3.63) is 28.0 Å². The molecular formula is C10H9N5S2. The van der Waals surface area contributed by atoms with E-state index in [0.29, 0.717) is 12.5 Å². The smallest absolute Gasteiger partial charge is 0.223 e. The van der Waals surface area contributed by atoms with Crippen LogP contribution in [0.1, 0.15) is 5.01 Å². The minimum atomic E-state index is 0.293. The maximum atomic E-state index is 5.66. The van der Waals surface area contributed by atoms with E-state index in [2.05, 4.69) is 20.3 Å². The maximum absolute atomic E-state index is 5.66. The molecule has 0 fully saturated rings. The van der Waals surface area contributed by atoms with E-state index in [-0.39, 0.29) is 0 Å². The number of nitrogens with two attached hydrogens (primary N) is 1. The van der Waals surface area contributed by atoms with Crippen LogP contribution in [0.3, 0.4) is 0 Å². The lowest BCUT2D eigenvalue weighted by Gasteiger charge is -2.05. The summed E-state index contributed by atoms with van der Waals surface area (Å²) < 4.78 is 0. The van der Waals surface area contributed by atoms with Gasteiger partial charge in [-0.3, -0.25) is 0 Å². The molecule has 0 spiro atoms. The minimum absolute atomic E-state index is 0.293. The summed E-state index contributed by atoms with van der Waals surface area (Å²) in [5.74, 6) is 1.06. The van der Waals surface area contributed by atoms with Gasteiger partial charge >= 0.3 is 0 Å². The van der Waals surface area contributed by atoms with Gasteiger partial charge in [0.2, 0.25) is 5.95 Å². The average Bonchev–Trinajstić information content (AvgIpc) is 2.95. The van der Waals surface area contributed by atoms with Crippen molar-refractivity contribution in [2.75, 3.05) is 11.1 Å². The highest BCUT2D eigenvalue weighted by Crippen LogP contribution is 2.26. The Morgan fingerprint density at radius 1 is 1.24 bits per heavy atom. The Bertz CT molecular complexity index is 631. The van der Waals surface area contributed by atoms with Crippen molar-refractivity contribution in [1.29, 1.82) is 0 Å². The van der Waals surface area contributed by atoms with Crippen molar-refractivity contribution in [2.24, 2.45) is 0 Å². The van der Waals surface area contributed by atoms with Gasteiger partial charge in [0, 0.05) is 11.6 Å². The summed E-state index contributed by atoms with van der Waals surface area (Å²) in [6, 6.07) is 1.99. The van der Waals surface area contributed by atoms with E-state index in [9.17, 15) is 0 Å². The third kappa shape index (κ3) is 2.06. The Balaban J connectivity index is 1.91. The van der Waals surface area contributed by atoms with E-state index < -0.39 is 0 Å². The summed E-state index contributed by atoms with van der Waals surface area (Å²) >= 11 is 3.16. The van der Waals surface area contributed by atoms with Crippen LogP contribution in [0.15, 0.2) is 23.0 Å². The molecule has 0 radical (unpaired) electrons. The quantitative estimate of drug-likeness (QED) is 0.758. The molecule has 0 aliphatic carbocycles. The van der Waals surface area contributed by atoms with Crippen molar-refractivity contribution in [1.82, 2.24) is 15.0 Å². The number of thiazole rings is 1. The Morgan fingerprint density at radius 3 is 3.00 bits per heavy atom. The summed E-state index contributed by atoms with van der Waals surface area (Å²) in [7, 11) is 0. The summed E-state index contributed by atoms with van der Waals surface area (Å²) in [6.45, 7) is 0.652. The number of nitrogens with one attached hydrogen (secondary N) is 1. The van der Waals surface area contributed by atoms with Gasteiger partial charge in [0.15, 0.2) is 0 Å². The first-order chi connectivity index (χ1) is 8.33. The number of hydrogen-bond donors (Lipinski definition) is 2. The van der Waals surface area contributed by atoms with Gasteiger partial charge in [0.25, 0.3) is 0 Å². The van der Waals surface area contributed by atoms with Crippen LogP contribution in [0.4, 0.5) is 11.8 Å². The van der Waals surface area contributed by atoms with Crippen LogP contribution in [0.2, 0.25) is 0 Å². The van der Waals surface area contributed by atoms with Gasteiger partial charge < -0.3 is 11.1 Å². The number of hydrogen-bond acceptors (Lipinski definition) is 7. The molecule has 0 bridgehead atoms. The van der Waals surface area contributed by atoms with Crippen LogP contribution in [-0.4, -0.2) is 15.0 Å². The zero-order valence-corrected chi connectivity index (χ0v) is 10.4. The first kappa shape index (κ1) is 10.4. The van der Waals surface area contributed by atoms with Crippen LogP contribution in [0.5, 0.6) is 0 Å². The molecule has 7 heteroatoms. The predicted molar refractivity (Wildman–Crippen MR) is 71.3 cm³/mol. The van der Waals surface area contributed by atoms with Crippen molar-refractivity contribution in [3.63, 3.8) is 0 Å². The third-order valence-electron chi connectivity index (χ3n) is 2.23. The van der Waals surface area contributed by atoms with Crippen molar-refractivity contribution < 1.29 is 0 Å². The van der Waals surface area contributed by atoms with E-state index in [4.69, 9.17) is 5.73 Å². The Kier molecular flexibility index (Phi) is 2.62. The molecular weight excluding hydrogens is 254 g/mol. The molecule has 3 heterocycles. The molecule has 0 aromatic carbocycles. The molecule has 0 amide bonds. The first-order valence-electron chi connectivity index (χ1n) is 4.96. The van der Waals surface area contributed by atoms with Crippen molar-refractivity contribution in [3.8, 4) is 0 Å². The Morgan fingerprint density at radius 2 is 2.18 bits per heavy atom. The van der Waals surface area contributed by atoms with Crippen LogP contribution in [-0.2, 0) is 6.54 Å². The van der Waals surface area contributed by atoms with E-state index in [1.165, 1.54) is 0 Å². The fraction of sp³-hybridized carbons (Fsp3) is 0.100. The fourth-order valence-electron chi connectivity index (χ4n) is 1.51. The van der Waals surface area contributed by atoms with Gasteiger partial charge in [0.1, 0.15) is 15.7 Å². The van der Waals surface area contributed by atoms with Gasteiger partial charge in [-0.2, -0.15) is 4.98 Å². The standard InChI is InChI=1S/C10H9N5S2/c11-10-14-8(6-1-3-17-9(6)15-10)13-5-7-12-2-4-16-7/h1-4H,5H2,(H3,11,13,14,15). The number of nitrogens with zero attached hydrogens (tertiary/aromatic N) is 3. The molecule has 17 heavy (non-hydrogen) atoms. The number of rotatable bonds is 3. The zero-order valence-electron chi connectivity index (χ0n) is 8.75. The highest BCUT2D eigenvalue weighted by Gasteiger charge is 2.07. The largest absolute Gasteiger partial charge is 0.368 e. The number of thiophene rings is 1. The highest BCUT2D eigenvalue weighted by atomic mass is 32.1. The van der Waals surface area contributed by atoms with E-state index in [0.717, 1.165) is 21.0 Å². The summed E-state index contributed by atoms with van der Waals surface area (Å²) in [5.41, 5.74) is 5.66. The molecule has 0 saturated carbocycles.